The van der Waals surface area contributed by atoms with Gasteiger partial charge in [0.1, 0.15) is 0 Å². The molecule has 0 spiro atoms. The number of benzene rings is 1. The minimum Gasteiger partial charge on any atom is -0.399 e. The van der Waals surface area contributed by atoms with Crippen molar-refractivity contribution in [2.75, 3.05) is 17.6 Å². The summed E-state index contributed by atoms with van der Waals surface area (Å²) in [6, 6.07) is 6.00. The second kappa shape index (κ2) is 4.00. The molecule has 0 atom stereocenters. The average Bonchev–Trinajstić information content (AvgIpc) is 2.54. The molecule has 1 aromatic carbocycles. The van der Waals surface area contributed by atoms with Crippen LogP contribution in [-0.4, -0.2) is 6.54 Å². The number of hydrogen-bond donors (Lipinski definition) is 2. The number of nitrogen functional groups attached to an aromatic ring is 1. The summed E-state index contributed by atoms with van der Waals surface area (Å²) in [6.45, 7) is 5.05. The summed E-state index contributed by atoms with van der Waals surface area (Å²) in [4.78, 5) is 0. The topological polar surface area (TPSA) is 38.0 Å². The Morgan fingerprint density at radius 2 is 2.08 bits per heavy atom. The molecule has 1 aliphatic heterocycles. The molecule has 0 aromatic heterocycles. The summed E-state index contributed by atoms with van der Waals surface area (Å²) < 4.78 is 0. The lowest BCUT2D eigenvalue weighted by Crippen LogP contribution is -1.90. The molecular weight excluding hydrogens is 148 g/mol. The van der Waals surface area contributed by atoms with Crippen molar-refractivity contribution in [1.82, 2.24) is 0 Å². The number of anilines is 2. The van der Waals surface area contributed by atoms with Crippen LogP contribution in [0.2, 0.25) is 0 Å². The second-order valence-electron chi connectivity index (χ2n) is 2.59. The maximum Gasteiger partial charge on any atom is 0.0375 e. The first kappa shape index (κ1) is 8.91. The van der Waals surface area contributed by atoms with Gasteiger partial charge < -0.3 is 11.1 Å². The quantitative estimate of drug-likeness (QED) is 0.577. The van der Waals surface area contributed by atoms with Gasteiger partial charge in [-0.05, 0) is 30.2 Å². The van der Waals surface area contributed by atoms with Crippen LogP contribution in [0.15, 0.2) is 18.2 Å². The Bertz CT molecular complexity index is 256. The predicted molar refractivity (Wildman–Crippen MR) is 54.4 cm³/mol. The van der Waals surface area contributed by atoms with Crippen molar-refractivity contribution >= 4 is 11.4 Å². The molecule has 0 bridgehead atoms. The lowest BCUT2D eigenvalue weighted by atomic mass is 10.1. The van der Waals surface area contributed by atoms with Gasteiger partial charge in [-0.15, -0.1) is 0 Å². The van der Waals surface area contributed by atoms with Gasteiger partial charge in [-0.3, -0.25) is 0 Å². The summed E-state index contributed by atoms with van der Waals surface area (Å²) in [6.07, 6.45) is 1.11. The molecule has 0 fully saturated rings. The van der Waals surface area contributed by atoms with E-state index in [1.54, 1.807) is 0 Å². The monoisotopic (exact) mass is 164 g/mol. The van der Waals surface area contributed by atoms with Crippen molar-refractivity contribution in [2.45, 2.75) is 20.3 Å². The highest BCUT2D eigenvalue weighted by Gasteiger charge is 2.07. The van der Waals surface area contributed by atoms with Crippen LogP contribution in [0.5, 0.6) is 0 Å². The van der Waals surface area contributed by atoms with Crippen LogP contribution in [0.3, 0.4) is 0 Å². The van der Waals surface area contributed by atoms with E-state index in [0.29, 0.717) is 0 Å². The van der Waals surface area contributed by atoms with E-state index in [-0.39, 0.29) is 0 Å². The third-order valence-electron chi connectivity index (χ3n) is 1.84. The molecule has 12 heavy (non-hydrogen) atoms. The normalized spacial score (nSPS) is 12.5. The van der Waals surface area contributed by atoms with Crippen LogP contribution >= 0.6 is 0 Å². The van der Waals surface area contributed by atoms with Crippen molar-refractivity contribution in [3.63, 3.8) is 0 Å². The molecule has 0 saturated heterocycles. The zero-order valence-corrected chi connectivity index (χ0v) is 7.72. The van der Waals surface area contributed by atoms with E-state index in [1.807, 2.05) is 32.0 Å². The zero-order chi connectivity index (χ0) is 8.97. The number of nitrogens with one attached hydrogen (secondary N) is 1. The molecule has 2 nitrogen and oxygen atoms in total. The number of rotatable bonds is 0. The van der Waals surface area contributed by atoms with Gasteiger partial charge in [0.05, 0.1) is 0 Å². The van der Waals surface area contributed by atoms with Crippen LogP contribution in [-0.2, 0) is 6.42 Å². The van der Waals surface area contributed by atoms with Gasteiger partial charge >= 0.3 is 0 Å². The van der Waals surface area contributed by atoms with Crippen LogP contribution in [0.4, 0.5) is 11.4 Å². The number of hydrogen-bond acceptors (Lipinski definition) is 2. The van der Waals surface area contributed by atoms with Gasteiger partial charge in [0.15, 0.2) is 0 Å². The standard InChI is InChI=1S/C8H10N2.C2H6/c9-7-1-2-8-6(5-7)3-4-10-8;1-2/h1-2,5,10H,3-4,9H2;1-2H3. The molecule has 1 heterocycles. The summed E-state index contributed by atoms with van der Waals surface area (Å²) >= 11 is 0. The molecular formula is C10H16N2. The van der Waals surface area contributed by atoms with E-state index in [9.17, 15) is 0 Å². The molecule has 3 N–H and O–H groups in total. The minimum absolute atomic E-state index is 0.863. The lowest BCUT2D eigenvalue weighted by molar-refractivity contribution is 1.11. The van der Waals surface area contributed by atoms with E-state index in [0.717, 1.165) is 18.7 Å². The molecule has 0 unspecified atom stereocenters. The Kier molecular flexibility index (Phi) is 2.97. The molecule has 2 rings (SSSR count). The highest BCUT2D eigenvalue weighted by Crippen LogP contribution is 2.23. The first-order chi connectivity index (χ1) is 5.86. The van der Waals surface area contributed by atoms with E-state index in [2.05, 4.69) is 5.32 Å². The van der Waals surface area contributed by atoms with Crippen LogP contribution in [0.1, 0.15) is 19.4 Å². The van der Waals surface area contributed by atoms with Crippen molar-refractivity contribution in [1.29, 1.82) is 0 Å². The summed E-state index contributed by atoms with van der Waals surface area (Å²) in [5, 5.41) is 3.27. The largest absolute Gasteiger partial charge is 0.399 e. The molecule has 1 aliphatic rings. The molecule has 66 valence electrons. The van der Waals surface area contributed by atoms with E-state index in [4.69, 9.17) is 5.73 Å². The Balaban J connectivity index is 0.000000336. The van der Waals surface area contributed by atoms with Crippen molar-refractivity contribution < 1.29 is 0 Å². The van der Waals surface area contributed by atoms with Crippen molar-refractivity contribution in [3.8, 4) is 0 Å². The average molecular weight is 164 g/mol. The Labute approximate surface area is 73.8 Å². The Hall–Kier alpha value is -1.18. The summed E-state index contributed by atoms with van der Waals surface area (Å²) in [5.74, 6) is 0. The third-order valence-corrected chi connectivity index (χ3v) is 1.84. The second-order valence-corrected chi connectivity index (χ2v) is 2.59. The number of nitrogens with two attached hydrogens (primary N) is 1. The fourth-order valence-electron chi connectivity index (χ4n) is 1.32. The van der Waals surface area contributed by atoms with Crippen LogP contribution in [0, 0.1) is 0 Å². The minimum atomic E-state index is 0.863. The molecule has 1 aromatic rings. The van der Waals surface area contributed by atoms with E-state index in [1.165, 1.54) is 11.3 Å². The number of fused-ring (bicyclic) bond motifs is 1. The van der Waals surface area contributed by atoms with Gasteiger partial charge in [-0.1, -0.05) is 13.8 Å². The molecule has 0 saturated carbocycles. The highest BCUT2D eigenvalue weighted by atomic mass is 14.9. The molecule has 0 amide bonds. The Morgan fingerprint density at radius 1 is 1.33 bits per heavy atom. The Morgan fingerprint density at radius 3 is 2.83 bits per heavy atom. The molecule has 0 aliphatic carbocycles. The maximum absolute atomic E-state index is 5.60. The third kappa shape index (κ3) is 1.70. The highest BCUT2D eigenvalue weighted by molar-refractivity contribution is 5.60. The van der Waals surface area contributed by atoms with E-state index < -0.39 is 0 Å². The SMILES string of the molecule is CC.Nc1ccc2c(c1)CCN2. The van der Waals surface area contributed by atoms with Gasteiger partial charge in [-0.25, -0.2) is 0 Å². The smallest absolute Gasteiger partial charge is 0.0375 e. The predicted octanol–water partition coefficient (Wildman–Crippen LogP) is 2.26. The van der Waals surface area contributed by atoms with Crippen molar-refractivity contribution in [3.05, 3.63) is 23.8 Å². The molecule has 2 heteroatoms. The fraction of sp³-hybridized carbons (Fsp3) is 0.400. The maximum atomic E-state index is 5.60. The fourth-order valence-corrected chi connectivity index (χ4v) is 1.32. The zero-order valence-electron chi connectivity index (χ0n) is 7.72. The van der Waals surface area contributed by atoms with Gasteiger partial charge in [-0.2, -0.15) is 0 Å². The lowest BCUT2D eigenvalue weighted by Gasteiger charge is -1.98. The van der Waals surface area contributed by atoms with Gasteiger partial charge in [0.25, 0.3) is 0 Å². The molecule has 0 radical (unpaired) electrons. The van der Waals surface area contributed by atoms with Gasteiger partial charge in [0, 0.05) is 17.9 Å². The van der Waals surface area contributed by atoms with Crippen LogP contribution in [0.25, 0.3) is 0 Å². The van der Waals surface area contributed by atoms with E-state index >= 15 is 0 Å². The van der Waals surface area contributed by atoms with Crippen LogP contribution < -0.4 is 11.1 Å². The summed E-state index contributed by atoms with van der Waals surface area (Å²) in [7, 11) is 0. The summed E-state index contributed by atoms with van der Waals surface area (Å²) in [5.41, 5.74) is 9.06. The van der Waals surface area contributed by atoms with Crippen molar-refractivity contribution in [2.24, 2.45) is 0 Å². The first-order valence-corrected chi connectivity index (χ1v) is 4.48. The first-order valence-electron chi connectivity index (χ1n) is 4.48. The van der Waals surface area contributed by atoms with Gasteiger partial charge in [0.2, 0.25) is 0 Å².